The highest BCUT2D eigenvalue weighted by atomic mass is 16.6. The number of benzene rings is 1. The molecule has 0 spiro atoms. The molecule has 0 atom stereocenters. The van der Waals surface area contributed by atoms with Crippen LogP contribution in [0.15, 0.2) is 36.5 Å². The highest BCUT2D eigenvalue weighted by molar-refractivity contribution is 6.09. The molecule has 0 unspecified atom stereocenters. The number of hydrogen-bond donors (Lipinski definition) is 0. The molecule has 6 heteroatoms. The summed E-state index contributed by atoms with van der Waals surface area (Å²) < 4.78 is 0. The summed E-state index contributed by atoms with van der Waals surface area (Å²) in [4.78, 5) is 29.5. The Labute approximate surface area is 127 Å². The van der Waals surface area contributed by atoms with E-state index in [2.05, 4.69) is 4.98 Å². The molecule has 1 aliphatic heterocycles. The van der Waals surface area contributed by atoms with Gasteiger partial charge in [-0.2, -0.15) is 0 Å². The van der Waals surface area contributed by atoms with Crippen LogP contribution in [0.3, 0.4) is 0 Å². The number of aryl methyl sites for hydroxylation is 2. The molecule has 0 radical (unpaired) electrons. The fourth-order valence-electron chi connectivity index (χ4n) is 2.82. The Morgan fingerprint density at radius 3 is 2.91 bits per heavy atom. The number of nitrogens with zero attached hydrogens (tertiary/aromatic N) is 3. The SMILES string of the molecule is Cc1cccc(C(=O)N2CCCc3ncccc32)c1[N+](=O)[O-]. The van der Waals surface area contributed by atoms with E-state index in [4.69, 9.17) is 0 Å². The maximum Gasteiger partial charge on any atom is 0.285 e. The number of fused-ring (bicyclic) bond motifs is 1. The fourth-order valence-corrected chi connectivity index (χ4v) is 2.82. The van der Waals surface area contributed by atoms with E-state index < -0.39 is 4.92 Å². The van der Waals surface area contributed by atoms with Gasteiger partial charge in [-0.3, -0.25) is 19.9 Å². The average Bonchev–Trinajstić information content (AvgIpc) is 2.53. The predicted molar refractivity (Wildman–Crippen MR) is 82.1 cm³/mol. The molecule has 0 saturated carbocycles. The third-order valence-electron chi connectivity index (χ3n) is 3.85. The van der Waals surface area contributed by atoms with E-state index in [-0.39, 0.29) is 17.2 Å². The van der Waals surface area contributed by atoms with Crippen molar-refractivity contribution >= 4 is 17.3 Å². The molecule has 1 aliphatic rings. The number of carbonyl (C=O) groups excluding carboxylic acids is 1. The zero-order chi connectivity index (χ0) is 15.7. The van der Waals surface area contributed by atoms with Gasteiger partial charge >= 0.3 is 0 Å². The number of carbonyl (C=O) groups is 1. The van der Waals surface area contributed by atoms with Gasteiger partial charge in [-0.15, -0.1) is 0 Å². The van der Waals surface area contributed by atoms with Gasteiger partial charge in [-0.05, 0) is 38.0 Å². The van der Waals surface area contributed by atoms with Gasteiger partial charge in [0.25, 0.3) is 11.6 Å². The Bertz CT molecular complexity index is 758. The minimum atomic E-state index is -0.489. The van der Waals surface area contributed by atoms with Crippen LogP contribution in [0, 0.1) is 17.0 Å². The summed E-state index contributed by atoms with van der Waals surface area (Å²) in [5.74, 6) is -0.343. The van der Waals surface area contributed by atoms with Gasteiger partial charge in [0.15, 0.2) is 0 Å². The molecule has 1 aromatic carbocycles. The maximum atomic E-state index is 12.8. The van der Waals surface area contributed by atoms with Crippen LogP contribution in [0.5, 0.6) is 0 Å². The summed E-state index contributed by atoms with van der Waals surface area (Å²) in [6.45, 7) is 2.18. The van der Waals surface area contributed by atoms with Crippen molar-refractivity contribution in [1.82, 2.24) is 4.98 Å². The number of aromatic nitrogens is 1. The topological polar surface area (TPSA) is 76.3 Å². The van der Waals surface area contributed by atoms with Gasteiger partial charge in [0, 0.05) is 18.3 Å². The Kier molecular flexibility index (Phi) is 3.58. The normalized spacial score (nSPS) is 13.6. The van der Waals surface area contributed by atoms with Crippen LogP contribution in [-0.4, -0.2) is 22.4 Å². The van der Waals surface area contributed by atoms with Gasteiger partial charge in [-0.1, -0.05) is 12.1 Å². The molecule has 0 fully saturated rings. The van der Waals surface area contributed by atoms with Crippen molar-refractivity contribution in [2.24, 2.45) is 0 Å². The number of rotatable bonds is 2. The molecule has 1 amide bonds. The quantitative estimate of drug-likeness (QED) is 0.631. The van der Waals surface area contributed by atoms with E-state index in [0.717, 1.165) is 24.2 Å². The monoisotopic (exact) mass is 297 g/mol. The van der Waals surface area contributed by atoms with Crippen LogP contribution in [0.1, 0.15) is 28.0 Å². The van der Waals surface area contributed by atoms with Gasteiger partial charge in [-0.25, -0.2) is 0 Å². The lowest BCUT2D eigenvalue weighted by Crippen LogP contribution is -2.36. The Morgan fingerprint density at radius 2 is 2.14 bits per heavy atom. The molecule has 3 rings (SSSR count). The van der Waals surface area contributed by atoms with Crippen LogP contribution < -0.4 is 4.90 Å². The molecule has 22 heavy (non-hydrogen) atoms. The van der Waals surface area contributed by atoms with Crippen LogP contribution in [-0.2, 0) is 6.42 Å². The van der Waals surface area contributed by atoms with Crippen molar-refractivity contribution in [2.45, 2.75) is 19.8 Å². The highest BCUT2D eigenvalue weighted by Crippen LogP contribution is 2.30. The predicted octanol–water partition coefficient (Wildman–Crippen LogP) is 2.89. The summed E-state index contributed by atoms with van der Waals surface area (Å²) in [7, 11) is 0. The number of anilines is 1. The number of nitro benzene ring substituents is 1. The number of pyridine rings is 1. The van der Waals surface area contributed by atoms with Gasteiger partial charge in [0.2, 0.25) is 0 Å². The maximum absolute atomic E-state index is 12.8. The molecule has 0 bridgehead atoms. The second kappa shape index (κ2) is 5.55. The van der Waals surface area contributed by atoms with Crippen LogP contribution in [0.2, 0.25) is 0 Å². The molecular formula is C16H15N3O3. The van der Waals surface area contributed by atoms with Gasteiger partial charge < -0.3 is 4.90 Å². The van der Waals surface area contributed by atoms with E-state index in [1.165, 1.54) is 6.07 Å². The van der Waals surface area contributed by atoms with Gasteiger partial charge in [0.1, 0.15) is 5.56 Å². The second-order valence-corrected chi connectivity index (χ2v) is 5.26. The molecule has 0 aliphatic carbocycles. The third kappa shape index (κ3) is 2.32. The largest absolute Gasteiger partial charge is 0.306 e. The second-order valence-electron chi connectivity index (χ2n) is 5.26. The number of para-hydroxylation sites is 1. The molecular weight excluding hydrogens is 282 g/mol. The molecule has 2 heterocycles. The molecule has 0 saturated heterocycles. The lowest BCUT2D eigenvalue weighted by atomic mass is 10.0. The zero-order valence-corrected chi connectivity index (χ0v) is 12.2. The first-order valence-corrected chi connectivity index (χ1v) is 7.09. The minimum Gasteiger partial charge on any atom is -0.306 e. The highest BCUT2D eigenvalue weighted by Gasteiger charge is 2.29. The number of hydrogen-bond acceptors (Lipinski definition) is 4. The summed E-state index contributed by atoms with van der Waals surface area (Å²) in [6.07, 6.45) is 3.31. The number of nitro groups is 1. The Balaban J connectivity index is 2.07. The van der Waals surface area contributed by atoms with Crippen molar-refractivity contribution < 1.29 is 9.72 Å². The fraction of sp³-hybridized carbons (Fsp3) is 0.250. The summed E-state index contributed by atoms with van der Waals surface area (Å²) in [5.41, 5.74) is 2.09. The van der Waals surface area contributed by atoms with Crippen molar-refractivity contribution in [3.05, 3.63) is 63.5 Å². The molecule has 6 nitrogen and oxygen atoms in total. The van der Waals surface area contributed by atoms with Crippen molar-refractivity contribution in [1.29, 1.82) is 0 Å². The smallest absolute Gasteiger partial charge is 0.285 e. The first-order valence-electron chi connectivity index (χ1n) is 7.09. The summed E-state index contributed by atoms with van der Waals surface area (Å²) >= 11 is 0. The first-order chi connectivity index (χ1) is 10.6. The Morgan fingerprint density at radius 1 is 1.32 bits per heavy atom. The van der Waals surface area contributed by atoms with E-state index >= 15 is 0 Å². The number of amides is 1. The van der Waals surface area contributed by atoms with Gasteiger partial charge in [0.05, 0.1) is 16.3 Å². The Hall–Kier alpha value is -2.76. The van der Waals surface area contributed by atoms with Crippen LogP contribution in [0.4, 0.5) is 11.4 Å². The summed E-state index contributed by atoms with van der Waals surface area (Å²) in [6, 6.07) is 8.43. The molecule has 0 N–H and O–H groups in total. The third-order valence-corrected chi connectivity index (χ3v) is 3.85. The lowest BCUT2D eigenvalue weighted by molar-refractivity contribution is -0.385. The van der Waals surface area contributed by atoms with E-state index in [0.29, 0.717) is 12.1 Å². The van der Waals surface area contributed by atoms with Crippen molar-refractivity contribution in [2.75, 3.05) is 11.4 Å². The van der Waals surface area contributed by atoms with E-state index in [1.54, 1.807) is 36.2 Å². The van der Waals surface area contributed by atoms with Crippen molar-refractivity contribution in [3.8, 4) is 0 Å². The molecule has 2 aromatic rings. The van der Waals surface area contributed by atoms with Crippen LogP contribution >= 0.6 is 0 Å². The van der Waals surface area contributed by atoms with E-state index in [1.807, 2.05) is 6.07 Å². The zero-order valence-electron chi connectivity index (χ0n) is 12.2. The minimum absolute atomic E-state index is 0.122. The van der Waals surface area contributed by atoms with E-state index in [9.17, 15) is 14.9 Å². The first kappa shape index (κ1) is 14.2. The molecule has 1 aromatic heterocycles. The van der Waals surface area contributed by atoms with Crippen molar-refractivity contribution in [3.63, 3.8) is 0 Å². The lowest BCUT2D eigenvalue weighted by Gasteiger charge is -2.28. The summed E-state index contributed by atoms with van der Waals surface area (Å²) in [5, 5.41) is 11.3. The molecule has 112 valence electrons. The average molecular weight is 297 g/mol. The standard InChI is InChI=1S/C16H15N3O3/c1-11-5-2-6-12(15(11)19(21)22)16(20)18-10-4-7-13-14(18)8-3-9-17-13/h2-3,5-6,8-9H,4,7,10H2,1H3. The van der Waals surface area contributed by atoms with Crippen LogP contribution in [0.25, 0.3) is 0 Å².